The van der Waals surface area contributed by atoms with Crippen molar-refractivity contribution in [1.82, 2.24) is 0 Å². The number of halogens is 7. The number of hydrogen-bond acceptors (Lipinski definition) is 0. The molecule has 0 saturated carbocycles. The summed E-state index contributed by atoms with van der Waals surface area (Å²) in [5, 5.41) is 2.01. The molecule has 0 aliphatic carbocycles. The van der Waals surface area contributed by atoms with Crippen LogP contribution < -0.4 is 0 Å². The van der Waals surface area contributed by atoms with Crippen LogP contribution in [0.3, 0.4) is 0 Å². The molecular weight excluding hydrogens is 566 g/mol. The van der Waals surface area contributed by atoms with Crippen molar-refractivity contribution in [2.45, 2.75) is 37.2 Å². The van der Waals surface area contributed by atoms with E-state index in [1.54, 1.807) is 0 Å². The zero-order chi connectivity index (χ0) is 12.6. The Morgan fingerprint density at radius 3 is 1.20 bits per heavy atom. The van der Waals surface area contributed by atoms with Gasteiger partial charge in [-0.2, -0.15) is 0 Å². The third kappa shape index (κ3) is 15.6. The fraction of sp³-hybridized carbons (Fsp3) is 1.00. The Hall–Kier alpha value is 3.64. The average Bonchev–Trinajstić information content (AvgIpc) is 2.13. The second-order valence-electron chi connectivity index (χ2n) is 3.47. The van der Waals surface area contributed by atoms with Crippen LogP contribution in [0, 0.1) is 0 Å². The molecule has 0 unspecified atom stereocenters. The van der Waals surface area contributed by atoms with Crippen molar-refractivity contribution in [3.8, 4) is 0 Å². The van der Waals surface area contributed by atoms with E-state index in [0.29, 0.717) is 8.07 Å². The van der Waals surface area contributed by atoms with Crippen LogP contribution in [0.1, 0.15) is 26.7 Å². The van der Waals surface area contributed by atoms with Crippen LogP contribution in [0.2, 0.25) is 0 Å². The van der Waals surface area contributed by atoms with E-state index < -0.39 is 9.14 Å². The second kappa shape index (κ2) is 5.56. The molecule has 0 aromatic rings. The summed E-state index contributed by atoms with van der Waals surface area (Å²) in [4.78, 5) is 0. The van der Waals surface area contributed by atoms with Crippen molar-refractivity contribution in [3.63, 3.8) is 0 Å². The molecule has 0 spiro atoms. The van der Waals surface area contributed by atoms with Gasteiger partial charge in [0, 0.05) is 12.8 Å². The van der Waals surface area contributed by atoms with Gasteiger partial charge in [0.25, 0.3) is 21.2 Å². The van der Waals surface area contributed by atoms with Gasteiger partial charge in [0.1, 0.15) is 10.5 Å². The van der Waals surface area contributed by atoms with Gasteiger partial charge in [0.2, 0.25) is 0 Å². The van der Waals surface area contributed by atoms with Crippen LogP contribution in [0.25, 0.3) is 0 Å². The first-order valence-corrected chi connectivity index (χ1v) is 27.4. The SMILES string of the molecule is C[C@@H]1CC[C@@H](C)[S+]1I.[Cl][Sb-]([Cl])([Cl])([Cl])([Cl])[Cl]. The molecule has 0 amide bonds. The molecule has 9 heteroatoms. The molecule has 1 heterocycles. The summed E-state index contributed by atoms with van der Waals surface area (Å²) >= 11 is 2.61. The first-order valence-electron chi connectivity index (χ1n) is 4.11. The van der Waals surface area contributed by atoms with Crippen molar-refractivity contribution >= 4 is 91.4 Å². The molecule has 96 valence electrons. The first-order chi connectivity index (χ1) is 6.16. The molecule has 0 nitrogen and oxygen atoms in total. The molecule has 1 rings (SSSR count). The van der Waals surface area contributed by atoms with E-state index in [-0.39, 0.29) is 0 Å². The number of hydrogen-bond donors (Lipinski definition) is 0. The maximum atomic E-state index is 5.06. The summed E-state index contributed by atoms with van der Waals surface area (Å²) in [6.45, 7) is 4.75. The third-order valence-electron chi connectivity index (χ3n) is 1.75. The zero-order valence-electron chi connectivity index (χ0n) is 8.07. The van der Waals surface area contributed by atoms with E-state index in [2.05, 4.69) is 35.1 Å². The Bertz CT molecular complexity index is 203. The van der Waals surface area contributed by atoms with Crippen molar-refractivity contribution in [1.29, 1.82) is 0 Å². The molecule has 15 heavy (non-hydrogen) atoms. The van der Waals surface area contributed by atoms with Crippen LogP contribution in [-0.4, -0.2) is 19.6 Å². The van der Waals surface area contributed by atoms with E-state index >= 15 is 0 Å². The molecule has 1 aliphatic rings. The Balaban J connectivity index is 0.000000265. The fourth-order valence-corrected chi connectivity index (χ4v) is 4.13. The molecule has 0 radical (unpaired) electrons. The zero-order valence-corrected chi connectivity index (χ0v) is 18.1. The molecular formula is C6H12Cl6ISSb. The van der Waals surface area contributed by atoms with Gasteiger partial charge in [-0.1, -0.05) is 0 Å². The van der Waals surface area contributed by atoms with Gasteiger partial charge >= 0.3 is 62.1 Å². The molecule has 1 saturated heterocycles. The van der Waals surface area contributed by atoms with Crippen LogP contribution in [0.15, 0.2) is 0 Å². The van der Waals surface area contributed by atoms with Gasteiger partial charge in [-0.25, -0.2) is 0 Å². The first kappa shape index (κ1) is 18.6. The van der Waals surface area contributed by atoms with Gasteiger partial charge in [-0.15, -0.1) is 0 Å². The Labute approximate surface area is 126 Å². The standard InChI is InChI=1S/C6H12IS.6ClH.Sb/c1-5-3-4-6(2)8(5)7;;;;;;;/h5-6H,3-4H2,1-2H3;6*1H;/q+1;;;;;;;+5/p-6/t5-,6-;;;;;;;/m1......./s1. The van der Waals surface area contributed by atoms with E-state index in [1.165, 1.54) is 12.8 Å². The monoisotopic (exact) mass is 574 g/mol. The summed E-state index contributed by atoms with van der Waals surface area (Å²) in [6.07, 6.45) is 2.93. The summed E-state index contributed by atoms with van der Waals surface area (Å²) < 4.78 is 0. The van der Waals surface area contributed by atoms with Crippen molar-refractivity contribution in [2.24, 2.45) is 0 Å². The normalized spacial score (nSPS) is 32.6. The number of rotatable bonds is 0. The molecule has 1 aliphatic heterocycles. The van der Waals surface area contributed by atoms with Gasteiger partial charge in [-0.3, -0.25) is 0 Å². The molecule has 0 N–H and O–H groups in total. The second-order valence-corrected chi connectivity index (χ2v) is 65.7. The van der Waals surface area contributed by atoms with Gasteiger partial charge < -0.3 is 0 Å². The van der Waals surface area contributed by atoms with Gasteiger partial charge in [-0.05, 0) is 13.8 Å². The van der Waals surface area contributed by atoms with Gasteiger partial charge in [0.05, 0.1) is 8.07 Å². The van der Waals surface area contributed by atoms with Crippen LogP contribution in [0.5, 0.6) is 0 Å². The quantitative estimate of drug-likeness (QED) is 0.181. The predicted molar refractivity (Wildman–Crippen MR) is 90.4 cm³/mol. The molecule has 0 aromatic heterocycles. The summed E-state index contributed by atoms with van der Waals surface area (Å²) in [5.74, 6) is 0. The van der Waals surface area contributed by atoms with Crippen LogP contribution >= 0.6 is 74.2 Å². The van der Waals surface area contributed by atoms with Crippen LogP contribution in [-0.2, 0) is 8.07 Å². The summed E-state index contributed by atoms with van der Waals surface area (Å²) in [6, 6.07) is 0. The Kier molecular flexibility index (Phi) is 6.91. The van der Waals surface area contributed by atoms with Crippen molar-refractivity contribution < 1.29 is 0 Å². The average molecular weight is 578 g/mol. The Morgan fingerprint density at radius 1 is 0.933 bits per heavy atom. The fourth-order valence-electron chi connectivity index (χ4n) is 1.09. The van der Waals surface area contributed by atoms with E-state index in [0.717, 1.165) is 10.5 Å². The Morgan fingerprint density at radius 2 is 1.13 bits per heavy atom. The molecule has 1 fully saturated rings. The van der Waals surface area contributed by atoms with E-state index in [9.17, 15) is 0 Å². The molecule has 0 aromatic carbocycles. The maximum absolute atomic E-state index is 5.42. The van der Waals surface area contributed by atoms with E-state index in [4.69, 9.17) is 53.0 Å². The van der Waals surface area contributed by atoms with Crippen molar-refractivity contribution in [3.05, 3.63) is 0 Å². The topological polar surface area (TPSA) is 0 Å². The minimum atomic E-state index is -5.42. The predicted octanol–water partition coefficient (Wildman–Crippen LogP) is 6.28. The van der Waals surface area contributed by atoms with Gasteiger partial charge in [0.15, 0.2) is 0 Å². The summed E-state index contributed by atoms with van der Waals surface area (Å²) in [5.41, 5.74) is 0. The molecule has 0 bridgehead atoms. The third-order valence-corrected chi connectivity index (χ3v) is 8.97. The minimum absolute atomic E-state index is 0.708. The molecule has 2 atom stereocenters. The van der Waals surface area contributed by atoms with Crippen LogP contribution in [0.4, 0.5) is 0 Å². The van der Waals surface area contributed by atoms with Crippen molar-refractivity contribution in [2.75, 3.05) is 0 Å². The summed E-state index contributed by atoms with van der Waals surface area (Å²) in [7, 11) is 25.7. The van der Waals surface area contributed by atoms with E-state index in [1.807, 2.05) is 0 Å².